The SMILES string of the molecule is Cc1cc(-c2cnc(N3CCCC(C)C3)nc2C(C)C)on1. The first-order valence-corrected chi connectivity index (χ1v) is 8.10. The molecular weight excluding hydrogens is 276 g/mol. The highest BCUT2D eigenvalue weighted by Gasteiger charge is 2.22. The molecule has 1 aliphatic rings. The number of piperidine rings is 1. The zero-order valence-electron chi connectivity index (χ0n) is 13.8. The summed E-state index contributed by atoms with van der Waals surface area (Å²) < 4.78 is 5.40. The van der Waals surface area contributed by atoms with Crippen LogP contribution in [-0.4, -0.2) is 28.2 Å². The van der Waals surface area contributed by atoms with Crippen LogP contribution in [0.2, 0.25) is 0 Å². The summed E-state index contributed by atoms with van der Waals surface area (Å²) in [5.74, 6) is 2.61. The summed E-state index contributed by atoms with van der Waals surface area (Å²) >= 11 is 0. The lowest BCUT2D eigenvalue weighted by Crippen LogP contribution is -2.35. The van der Waals surface area contributed by atoms with Crippen molar-refractivity contribution in [3.05, 3.63) is 23.7 Å². The van der Waals surface area contributed by atoms with Gasteiger partial charge >= 0.3 is 0 Å². The van der Waals surface area contributed by atoms with Crippen LogP contribution in [-0.2, 0) is 0 Å². The van der Waals surface area contributed by atoms with Gasteiger partial charge in [-0.05, 0) is 31.6 Å². The Labute approximate surface area is 131 Å². The van der Waals surface area contributed by atoms with E-state index in [0.29, 0.717) is 11.8 Å². The Morgan fingerprint density at radius 1 is 1.36 bits per heavy atom. The monoisotopic (exact) mass is 300 g/mol. The molecule has 0 saturated carbocycles. The van der Waals surface area contributed by atoms with E-state index in [0.717, 1.165) is 41.7 Å². The van der Waals surface area contributed by atoms with Crippen molar-refractivity contribution in [2.45, 2.75) is 46.5 Å². The number of hydrogen-bond acceptors (Lipinski definition) is 5. The lowest BCUT2D eigenvalue weighted by molar-refractivity contribution is 0.425. The molecule has 3 rings (SSSR count). The lowest BCUT2D eigenvalue weighted by atomic mass is 10.0. The van der Waals surface area contributed by atoms with E-state index in [-0.39, 0.29) is 0 Å². The highest BCUT2D eigenvalue weighted by molar-refractivity contribution is 5.61. The van der Waals surface area contributed by atoms with Crippen LogP contribution in [0.15, 0.2) is 16.8 Å². The minimum atomic E-state index is 0.310. The van der Waals surface area contributed by atoms with E-state index < -0.39 is 0 Å². The van der Waals surface area contributed by atoms with Crippen LogP contribution < -0.4 is 4.90 Å². The van der Waals surface area contributed by atoms with E-state index in [4.69, 9.17) is 9.51 Å². The largest absolute Gasteiger partial charge is 0.356 e. The number of anilines is 1. The topological polar surface area (TPSA) is 55.1 Å². The van der Waals surface area contributed by atoms with Gasteiger partial charge in [0.2, 0.25) is 5.95 Å². The Hall–Kier alpha value is -1.91. The van der Waals surface area contributed by atoms with E-state index in [9.17, 15) is 0 Å². The second kappa shape index (κ2) is 6.07. The van der Waals surface area contributed by atoms with Gasteiger partial charge in [0.1, 0.15) is 0 Å². The Bertz CT molecular complexity index is 650. The molecule has 1 saturated heterocycles. The smallest absolute Gasteiger partial charge is 0.225 e. The van der Waals surface area contributed by atoms with Crippen LogP contribution in [0.1, 0.15) is 50.9 Å². The van der Waals surface area contributed by atoms with Gasteiger partial charge in [-0.15, -0.1) is 0 Å². The maximum Gasteiger partial charge on any atom is 0.225 e. The second-order valence-electron chi connectivity index (χ2n) is 6.65. The zero-order chi connectivity index (χ0) is 15.7. The van der Waals surface area contributed by atoms with Crippen molar-refractivity contribution in [3.8, 4) is 11.3 Å². The molecule has 1 unspecified atom stereocenters. The predicted molar refractivity (Wildman–Crippen MR) is 87.0 cm³/mol. The summed E-state index contributed by atoms with van der Waals surface area (Å²) in [7, 11) is 0. The van der Waals surface area contributed by atoms with E-state index in [2.05, 4.69) is 35.8 Å². The minimum Gasteiger partial charge on any atom is -0.356 e. The summed E-state index contributed by atoms with van der Waals surface area (Å²) in [6.07, 6.45) is 4.39. The number of hydrogen-bond donors (Lipinski definition) is 0. The molecule has 1 aliphatic heterocycles. The first kappa shape index (κ1) is 15.0. The highest BCUT2D eigenvalue weighted by Crippen LogP contribution is 2.30. The van der Waals surface area contributed by atoms with Crippen molar-refractivity contribution < 1.29 is 4.52 Å². The summed E-state index contributed by atoms with van der Waals surface area (Å²) in [6.45, 7) is 10.6. The zero-order valence-corrected chi connectivity index (χ0v) is 13.8. The summed E-state index contributed by atoms with van der Waals surface area (Å²) in [4.78, 5) is 11.7. The van der Waals surface area contributed by atoms with E-state index in [1.165, 1.54) is 12.8 Å². The molecule has 5 heteroatoms. The number of aromatic nitrogens is 3. The van der Waals surface area contributed by atoms with E-state index in [1.54, 1.807) is 0 Å². The third kappa shape index (κ3) is 2.98. The summed E-state index contributed by atoms with van der Waals surface area (Å²) in [6, 6.07) is 1.94. The molecule has 2 aromatic rings. The maximum atomic E-state index is 5.40. The molecule has 0 aliphatic carbocycles. The standard InChI is InChI=1S/C17H24N4O/c1-11(2)16-14(15-8-13(4)20-22-15)9-18-17(19-16)21-7-5-6-12(3)10-21/h8-9,11-12H,5-7,10H2,1-4H3. The number of aryl methyl sites for hydroxylation is 1. The fourth-order valence-electron chi connectivity index (χ4n) is 3.03. The molecule has 3 heterocycles. The van der Waals surface area contributed by atoms with E-state index in [1.807, 2.05) is 19.2 Å². The molecule has 0 amide bonds. The lowest BCUT2D eigenvalue weighted by Gasteiger charge is -2.31. The fraction of sp³-hybridized carbons (Fsp3) is 0.588. The maximum absolute atomic E-state index is 5.40. The molecule has 0 N–H and O–H groups in total. The van der Waals surface area contributed by atoms with Crippen molar-refractivity contribution in [2.24, 2.45) is 5.92 Å². The molecule has 0 aromatic carbocycles. The fourth-order valence-corrected chi connectivity index (χ4v) is 3.03. The van der Waals surface area contributed by atoms with Crippen LogP contribution in [0, 0.1) is 12.8 Å². The number of rotatable bonds is 3. The van der Waals surface area contributed by atoms with Gasteiger partial charge in [0.25, 0.3) is 0 Å². The summed E-state index contributed by atoms with van der Waals surface area (Å²) in [5.41, 5.74) is 2.85. The minimum absolute atomic E-state index is 0.310. The molecule has 2 aromatic heterocycles. The Morgan fingerprint density at radius 3 is 2.82 bits per heavy atom. The molecule has 0 spiro atoms. The van der Waals surface area contributed by atoms with Gasteiger partial charge < -0.3 is 9.42 Å². The van der Waals surface area contributed by atoms with Gasteiger partial charge in [0, 0.05) is 25.4 Å². The number of nitrogens with zero attached hydrogens (tertiary/aromatic N) is 4. The average Bonchev–Trinajstić information content (AvgIpc) is 2.93. The first-order chi connectivity index (χ1) is 10.5. The summed E-state index contributed by atoms with van der Waals surface area (Å²) in [5, 5.41) is 3.97. The van der Waals surface area contributed by atoms with E-state index >= 15 is 0 Å². The van der Waals surface area contributed by atoms with Crippen molar-refractivity contribution in [3.63, 3.8) is 0 Å². The third-order valence-electron chi connectivity index (χ3n) is 4.19. The van der Waals surface area contributed by atoms with Crippen LogP contribution in [0.5, 0.6) is 0 Å². The molecule has 0 radical (unpaired) electrons. The van der Waals surface area contributed by atoms with Crippen LogP contribution in [0.3, 0.4) is 0 Å². The third-order valence-corrected chi connectivity index (χ3v) is 4.19. The molecule has 0 bridgehead atoms. The van der Waals surface area contributed by atoms with Gasteiger partial charge in [0.15, 0.2) is 5.76 Å². The Morgan fingerprint density at radius 2 is 2.18 bits per heavy atom. The van der Waals surface area contributed by atoms with Gasteiger partial charge in [-0.25, -0.2) is 9.97 Å². The van der Waals surface area contributed by atoms with Crippen LogP contribution in [0.4, 0.5) is 5.95 Å². The molecule has 1 atom stereocenters. The van der Waals surface area contributed by atoms with Gasteiger partial charge in [-0.2, -0.15) is 0 Å². The highest BCUT2D eigenvalue weighted by atomic mass is 16.5. The van der Waals surface area contributed by atoms with Crippen LogP contribution in [0.25, 0.3) is 11.3 Å². The van der Waals surface area contributed by atoms with Crippen molar-refractivity contribution >= 4 is 5.95 Å². The molecule has 118 valence electrons. The Balaban J connectivity index is 1.96. The van der Waals surface area contributed by atoms with Crippen molar-refractivity contribution in [1.82, 2.24) is 15.1 Å². The molecular formula is C17H24N4O. The molecule has 1 fully saturated rings. The average molecular weight is 300 g/mol. The quantitative estimate of drug-likeness (QED) is 0.863. The van der Waals surface area contributed by atoms with Gasteiger partial charge in [0.05, 0.1) is 17.0 Å². The first-order valence-electron chi connectivity index (χ1n) is 8.10. The Kier molecular flexibility index (Phi) is 4.14. The van der Waals surface area contributed by atoms with Gasteiger partial charge in [-0.1, -0.05) is 25.9 Å². The van der Waals surface area contributed by atoms with Crippen LogP contribution >= 0.6 is 0 Å². The molecule has 5 nitrogen and oxygen atoms in total. The predicted octanol–water partition coefficient (Wildman–Crippen LogP) is 3.80. The normalized spacial score (nSPS) is 19.0. The van der Waals surface area contributed by atoms with Crippen molar-refractivity contribution in [1.29, 1.82) is 0 Å². The molecule has 22 heavy (non-hydrogen) atoms. The second-order valence-corrected chi connectivity index (χ2v) is 6.65. The van der Waals surface area contributed by atoms with Gasteiger partial charge in [-0.3, -0.25) is 0 Å². The van der Waals surface area contributed by atoms with Crippen molar-refractivity contribution in [2.75, 3.05) is 18.0 Å².